The number of hydrogen-bond acceptors (Lipinski definition) is 3. The molecule has 0 aliphatic rings. The van der Waals surface area contributed by atoms with Crippen molar-refractivity contribution in [3.63, 3.8) is 0 Å². The Labute approximate surface area is 99.6 Å². The molecule has 1 rings (SSSR count). The van der Waals surface area contributed by atoms with Crippen LogP contribution in [0.25, 0.3) is 0 Å². The van der Waals surface area contributed by atoms with E-state index in [1.807, 2.05) is 0 Å². The number of amides is 1. The molecule has 0 saturated carbocycles. The fraction of sp³-hybridized carbons (Fsp3) is 0.417. The van der Waals surface area contributed by atoms with Crippen molar-refractivity contribution < 1.29 is 19.0 Å². The van der Waals surface area contributed by atoms with E-state index in [4.69, 9.17) is 9.84 Å². The molecular weight excluding hydrogens is 225 g/mol. The van der Waals surface area contributed by atoms with E-state index in [1.165, 1.54) is 30.2 Å². The summed E-state index contributed by atoms with van der Waals surface area (Å²) in [7, 11) is 1.53. The minimum absolute atomic E-state index is 0.134. The van der Waals surface area contributed by atoms with Crippen LogP contribution in [0, 0.1) is 5.82 Å². The van der Waals surface area contributed by atoms with Crippen LogP contribution in [0.3, 0.4) is 0 Å². The Morgan fingerprint density at radius 1 is 1.47 bits per heavy atom. The molecule has 0 fully saturated rings. The summed E-state index contributed by atoms with van der Waals surface area (Å²) in [6.07, 6.45) is 0. The monoisotopic (exact) mass is 241 g/mol. The molecule has 1 amide bonds. The van der Waals surface area contributed by atoms with Gasteiger partial charge in [-0.1, -0.05) is 6.07 Å². The number of nitrogens with zero attached hydrogens (tertiary/aromatic N) is 1. The third kappa shape index (κ3) is 4.13. The number of carbonyl (C=O) groups excluding carboxylic acids is 1. The van der Waals surface area contributed by atoms with Crippen molar-refractivity contribution in [3.05, 3.63) is 35.6 Å². The third-order valence-electron chi connectivity index (χ3n) is 2.29. The number of methoxy groups -OCH3 is 1. The lowest BCUT2D eigenvalue weighted by Crippen LogP contribution is -2.36. The lowest BCUT2D eigenvalue weighted by molar-refractivity contribution is 0.0656. The van der Waals surface area contributed by atoms with Crippen LogP contribution >= 0.6 is 0 Å². The summed E-state index contributed by atoms with van der Waals surface area (Å²) in [6, 6.07) is 5.49. The smallest absolute Gasteiger partial charge is 0.254 e. The molecule has 4 nitrogen and oxygen atoms in total. The van der Waals surface area contributed by atoms with Crippen LogP contribution in [0.4, 0.5) is 4.39 Å². The maximum atomic E-state index is 13.0. The van der Waals surface area contributed by atoms with Gasteiger partial charge < -0.3 is 14.7 Å². The molecule has 0 aromatic heterocycles. The topological polar surface area (TPSA) is 49.8 Å². The van der Waals surface area contributed by atoms with Crippen molar-refractivity contribution in [1.29, 1.82) is 0 Å². The molecule has 5 heteroatoms. The Kier molecular flexibility index (Phi) is 5.59. The van der Waals surface area contributed by atoms with Gasteiger partial charge in [0.1, 0.15) is 5.82 Å². The number of ether oxygens (including phenoxy) is 1. The second-order valence-corrected chi connectivity index (χ2v) is 3.52. The number of aliphatic hydroxyl groups is 1. The van der Waals surface area contributed by atoms with E-state index >= 15 is 0 Å². The first-order chi connectivity index (χ1) is 8.19. The van der Waals surface area contributed by atoms with Crippen LogP contribution < -0.4 is 0 Å². The molecule has 0 bridgehead atoms. The van der Waals surface area contributed by atoms with Gasteiger partial charge in [-0.05, 0) is 18.2 Å². The lowest BCUT2D eigenvalue weighted by atomic mass is 10.2. The Hall–Kier alpha value is -1.46. The van der Waals surface area contributed by atoms with Crippen molar-refractivity contribution in [3.8, 4) is 0 Å². The number of benzene rings is 1. The van der Waals surface area contributed by atoms with E-state index in [9.17, 15) is 9.18 Å². The number of aliphatic hydroxyl groups excluding tert-OH is 1. The molecule has 94 valence electrons. The Morgan fingerprint density at radius 3 is 2.82 bits per heavy atom. The maximum Gasteiger partial charge on any atom is 0.254 e. The molecule has 0 atom stereocenters. The Morgan fingerprint density at radius 2 is 2.24 bits per heavy atom. The number of hydrogen-bond donors (Lipinski definition) is 1. The predicted octanol–water partition coefficient (Wildman–Crippen LogP) is 0.907. The van der Waals surface area contributed by atoms with Crippen LogP contribution in [0.1, 0.15) is 10.4 Å². The second kappa shape index (κ2) is 6.98. The molecule has 0 heterocycles. The summed E-state index contributed by atoms with van der Waals surface area (Å²) in [5.41, 5.74) is 0.273. The summed E-state index contributed by atoms with van der Waals surface area (Å²) in [4.78, 5) is 13.4. The molecule has 0 saturated heterocycles. The summed E-state index contributed by atoms with van der Waals surface area (Å²) >= 11 is 0. The van der Waals surface area contributed by atoms with Crippen molar-refractivity contribution in [2.75, 3.05) is 33.4 Å². The van der Waals surface area contributed by atoms with Gasteiger partial charge in [-0.3, -0.25) is 4.79 Å². The van der Waals surface area contributed by atoms with Gasteiger partial charge in [0, 0.05) is 25.8 Å². The van der Waals surface area contributed by atoms with Gasteiger partial charge in [0.15, 0.2) is 0 Å². The zero-order valence-electron chi connectivity index (χ0n) is 9.73. The Balaban J connectivity index is 2.76. The standard InChI is InChI=1S/C12H16FNO3/c1-17-8-6-14(5-7-15)12(16)10-3-2-4-11(13)9-10/h2-4,9,15H,5-8H2,1H3. The van der Waals surface area contributed by atoms with Gasteiger partial charge in [0.2, 0.25) is 0 Å². The highest BCUT2D eigenvalue weighted by molar-refractivity contribution is 5.94. The second-order valence-electron chi connectivity index (χ2n) is 3.52. The first kappa shape index (κ1) is 13.6. The number of carbonyl (C=O) groups is 1. The van der Waals surface area contributed by atoms with Gasteiger partial charge in [0.25, 0.3) is 5.91 Å². The quantitative estimate of drug-likeness (QED) is 0.805. The van der Waals surface area contributed by atoms with Gasteiger partial charge in [-0.15, -0.1) is 0 Å². The van der Waals surface area contributed by atoms with E-state index in [-0.39, 0.29) is 24.6 Å². The van der Waals surface area contributed by atoms with Crippen molar-refractivity contribution in [2.45, 2.75) is 0 Å². The van der Waals surface area contributed by atoms with E-state index in [1.54, 1.807) is 6.07 Å². The fourth-order valence-electron chi connectivity index (χ4n) is 1.44. The van der Waals surface area contributed by atoms with E-state index < -0.39 is 5.82 Å². The largest absolute Gasteiger partial charge is 0.395 e. The molecule has 1 aromatic carbocycles. The summed E-state index contributed by atoms with van der Waals surface area (Å²) in [6.45, 7) is 0.816. The van der Waals surface area contributed by atoms with E-state index in [2.05, 4.69) is 0 Å². The molecule has 1 aromatic rings. The van der Waals surface area contributed by atoms with Crippen LogP contribution in [0.5, 0.6) is 0 Å². The molecule has 0 radical (unpaired) electrons. The van der Waals surface area contributed by atoms with Crippen molar-refractivity contribution in [1.82, 2.24) is 4.90 Å². The highest BCUT2D eigenvalue weighted by Gasteiger charge is 2.15. The van der Waals surface area contributed by atoms with Crippen LogP contribution in [-0.4, -0.2) is 49.3 Å². The summed E-state index contributed by atoms with van der Waals surface area (Å²) in [5, 5.41) is 8.88. The molecule has 0 spiro atoms. The van der Waals surface area contributed by atoms with Crippen molar-refractivity contribution in [2.24, 2.45) is 0 Å². The van der Waals surface area contributed by atoms with Crippen LogP contribution in [0.2, 0.25) is 0 Å². The maximum absolute atomic E-state index is 13.0. The van der Waals surface area contributed by atoms with E-state index in [0.717, 1.165) is 0 Å². The lowest BCUT2D eigenvalue weighted by Gasteiger charge is -2.21. The van der Waals surface area contributed by atoms with Crippen LogP contribution in [-0.2, 0) is 4.74 Å². The van der Waals surface area contributed by atoms with Crippen molar-refractivity contribution >= 4 is 5.91 Å². The number of rotatable bonds is 6. The van der Waals surface area contributed by atoms with Gasteiger partial charge in [-0.2, -0.15) is 0 Å². The first-order valence-electron chi connectivity index (χ1n) is 5.33. The molecule has 1 N–H and O–H groups in total. The number of halogens is 1. The highest BCUT2D eigenvalue weighted by Crippen LogP contribution is 2.07. The van der Waals surface area contributed by atoms with Gasteiger partial charge >= 0.3 is 0 Å². The Bertz CT molecular complexity index is 371. The molecule has 0 aliphatic carbocycles. The first-order valence-corrected chi connectivity index (χ1v) is 5.33. The summed E-state index contributed by atoms with van der Waals surface area (Å²) < 4.78 is 17.9. The molecular formula is C12H16FNO3. The highest BCUT2D eigenvalue weighted by atomic mass is 19.1. The molecule has 17 heavy (non-hydrogen) atoms. The summed E-state index contributed by atoms with van der Waals surface area (Å²) in [5.74, 6) is -0.762. The zero-order chi connectivity index (χ0) is 12.7. The molecule has 0 unspecified atom stereocenters. The average molecular weight is 241 g/mol. The van der Waals surface area contributed by atoms with Crippen LogP contribution in [0.15, 0.2) is 24.3 Å². The van der Waals surface area contributed by atoms with Gasteiger partial charge in [0.05, 0.1) is 13.2 Å². The normalized spacial score (nSPS) is 10.3. The fourth-order valence-corrected chi connectivity index (χ4v) is 1.44. The minimum atomic E-state index is -0.452. The van der Waals surface area contributed by atoms with Gasteiger partial charge in [-0.25, -0.2) is 4.39 Å². The van der Waals surface area contributed by atoms with E-state index in [0.29, 0.717) is 13.2 Å². The SMILES string of the molecule is COCCN(CCO)C(=O)c1cccc(F)c1. The predicted molar refractivity (Wildman–Crippen MR) is 61.3 cm³/mol. The zero-order valence-corrected chi connectivity index (χ0v) is 9.73. The average Bonchev–Trinajstić information content (AvgIpc) is 2.33. The molecule has 0 aliphatic heterocycles. The third-order valence-corrected chi connectivity index (χ3v) is 2.29. The minimum Gasteiger partial charge on any atom is -0.395 e.